The Morgan fingerprint density at radius 3 is 2.30 bits per heavy atom. The van der Waals surface area contributed by atoms with Gasteiger partial charge in [0.1, 0.15) is 0 Å². The highest BCUT2D eigenvalue weighted by atomic mass is 35.5. The van der Waals surface area contributed by atoms with Crippen LogP contribution in [0.15, 0.2) is 30.3 Å². The first-order valence-corrected chi connectivity index (χ1v) is 9.06. The second-order valence-corrected chi connectivity index (χ2v) is 7.45. The largest absolute Gasteiger partial charge is 0.300 e. The minimum atomic E-state index is -3.15. The average Bonchev–Trinajstić information content (AvgIpc) is 2.47. The van der Waals surface area contributed by atoms with E-state index in [4.69, 9.17) is 11.6 Å². The topological polar surface area (TPSA) is 40.6 Å². The molecule has 0 saturated carbocycles. The van der Waals surface area contributed by atoms with Crippen molar-refractivity contribution >= 4 is 21.6 Å². The Labute approximate surface area is 126 Å². The molecule has 0 bridgehead atoms. The minimum Gasteiger partial charge on any atom is -0.300 e. The van der Waals surface area contributed by atoms with E-state index in [1.54, 1.807) is 4.31 Å². The maximum atomic E-state index is 12.3. The number of nitrogens with zero attached hydrogens (tertiary/aromatic N) is 2. The van der Waals surface area contributed by atoms with Crippen LogP contribution >= 0.6 is 11.6 Å². The summed E-state index contributed by atoms with van der Waals surface area (Å²) in [4.78, 5) is 2.20. The number of benzene rings is 1. The Hall–Kier alpha value is -0.620. The lowest BCUT2D eigenvalue weighted by molar-refractivity contribution is 0.197. The summed E-state index contributed by atoms with van der Waals surface area (Å²) >= 11 is 5.71. The molecule has 0 unspecified atom stereocenters. The normalized spacial score (nSPS) is 18.2. The van der Waals surface area contributed by atoms with Gasteiger partial charge < -0.3 is 0 Å². The first-order valence-electron chi connectivity index (χ1n) is 6.92. The van der Waals surface area contributed by atoms with E-state index in [0.717, 1.165) is 25.2 Å². The van der Waals surface area contributed by atoms with E-state index in [0.29, 0.717) is 25.4 Å². The third-order valence-electron chi connectivity index (χ3n) is 3.62. The van der Waals surface area contributed by atoms with Gasteiger partial charge in [-0.1, -0.05) is 30.3 Å². The quantitative estimate of drug-likeness (QED) is 0.745. The van der Waals surface area contributed by atoms with Gasteiger partial charge in [-0.05, 0) is 12.0 Å². The summed E-state index contributed by atoms with van der Waals surface area (Å²) in [7, 11) is -3.15. The fourth-order valence-corrected chi connectivity index (χ4v) is 4.08. The predicted octanol–water partition coefficient (Wildman–Crippen LogP) is 1.42. The summed E-state index contributed by atoms with van der Waals surface area (Å²) in [6, 6.07) is 9.75. The minimum absolute atomic E-state index is 0.187. The maximum Gasteiger partial charge on any atom is 0.214 e. The highest BCUT2D eigenvalue weighted by Gasteiger charge is 2.26. The molecule has 6 heteroatoms. The summed E-state index contributed by atoms with van der Waals surface area (Å²) in [5.41, 5.74) is 1.07. The number of aryl methyl sites for hydroxylation is 1. The molecule has 1 heterocycles. The van der Waals surface area contributed by atoms with Crippen LogP contribution in [0, 0.1) is 0 Å². The van der Waals surface area contributed by atoms with Crippen LogP contribution in [-0.2, 0) is 16.4 Å². The number of rotatable bonds is 6. The molecular weight excluding hydrogens is 296 g/mol. The summed E-state index contributed by atoms with van der Waals surface area (Å²) in [5, 5.41) is 0. The zero-order chi connectivity index (χ0) is 14.4. The Balaban J connectivity index is 1.85. The van der Waals surface area contributed by atoms with Crippen LogP contribution in [0.1, 0.15) is 5.56 Å². The molecule has 1 aliphatic rings. The van der Waals surface area contributed by atoms with E-state index in [-0.39, 0.29) is 5.75 Å². The van der Waals surface area contributed by atoms with Gasteiger partial charge in [0.15, 0.2) is 0 Å². The SMILES string of the molecule is O=S(=O)(CCc1ccccc1)N1CCN(CCCl)CC1. The van der Waals surface area contributed by atoms with Crippen LogP contribution in [0.4, 0.5) is 0 Å². The molecule has 1 saturated heterocycles. The van der Waals surface area contributed by atoms with Crippen LogP contribution in [0.3, 0.4) is 0 Å². The molecular formula is C14H21ClN2O2S. The van der Waals surface area contributed by atoms with Crippen molar-refractivity contribution in [3.05, 3.63) is 35.9 Å². The molecule has 1 aromatic rings. The van der Waals surface area contributed by atoms with Crippen molar-refractivity contribution in [2.75, 3.05) is 44.4 Å². The van der Waals surface area contributed by atoms with Crippen LogP contribution in [0.25, 0.3) is 0 Å². The molecule has 0 amide bonds. The average molecular weight is 317 g/mol. The third kappa shape index (κ3) is 4.45. The standard InChI is InChI=1S/C14H21ClN2O2S/c15-7-8-16-9-11-17(12-10-16)20(18,19)13-6-14-4-2-1-3-5-14/h1-5H,6-13H2. The van der Waals surface area contributed by atoms with Gasteiger partial charge >= 0.3 is 0 Å². The first-order chi connectivity index (χ1) is 9.62. The predicted molar refractivity (Wildman–Crippen MR) is 82.7 cm³/mol. The fraction of sp³-hybridized carbons (Fsp3) is 0.571. The first kappa shape index (κ1) is 15.8. The maximum absolute atomic E-state index is 12.3. The number of hydrogen-bond donors (Lipinski definition) is 0. The second-order valence-electron chi connectivity index (χ2n) is 4.98. The molecule has 0 spiro atoms. The van der Waals surface area contributed by atoms with E-state index in [1.165, 1.54) is 0 Å². The molecule has 1 fully saturated rings. The Morgan fingerprint density at radius 1 is 1.05 bits per heavy atom. The molecule has 4 nitrogen and oxygen atoms in total. The molecule has 0 radical (unpaired) electrons. The fourth-order valence-electron chi connectivity index (χ4n) is 2.37. The Morgan fingerprint density at radius 2 is 1.70 bits per heavy atom. The molecule has 0 atom stereocenters. The lowest BCUT2D eigenvalue weighted by Crippen LogP contribution is -2.49. The van der Waals surface area contributed by atoms with E-state index >= 15 is 0 Å². The molecule has 0 N–H and O–H groups in total. The van der Waals surface area contributed by atoms with E-state index in [9.17, 15) is 8.42 Å². The monoisotopic (exact) mass is 316 g/mol. The van der Waals surface area contributed by atoms with Gasteiger partial charge in [-0.2, -0.15) is 4.31 Å². The number of halogens is 1. The molecule has 20 heavy (non-hydrogen) atoms. The molecule has 112 valence electrons. The molecule has 2 rings (SSSR count). The second kappa shape index (κ2) is 7.41. The lowest BCUT2D eigenvalue weighted by atomic mass is 10.2. The van der Waals surface area contributed by atoms with Gasteiger partial charge in [0.25, 0.3) is 0 Å². The van der Waals surface area contributed by atoms with Crippen molar-refractivity contribution in [3.63, 3.8) is 0 Å². The lowest BCUT2D eigenvalue weighted by Gasteiger charge is -2.33. The number of alkyl halides is 1. The van der Waals surface area contributed by atoms with Crippen molar-refractivity contribution in [1.82, 2.24) is 9.21 Å². The van der Waals surface area contributed by atoms with Crippen molar-refractivity contribution in [2.24, 2.45) is 0 Å². The van der Waals surface area contributed by atoms with Crippen LogP contribution in [0.2, 0.25) is 0 Å². The smallest absolute Gasteiger partial charge is 0.214 e. The highest BCUT2D eigenvalue weighted by Crippen LogP contribution is 2.10. The van der Waals surface area contributed by atoms with Crippen molar-refractivity contribution in [2.45, 2.75) is 6.42 Å². The number of sulfonamides is 1. The summed E-state index contributed by atoms with van der Waals surface area (Å²) < 4.78 is 26.2. The summed E-state index contributed by atoms with van der Waals surface area (Å²) in [5.74, 6) is 0.785. The van der Waals surface area contributed by atoms with Gasteiger partial charge in [0.2, 0.25) is 10.0 Å². The highest BCUT2D eigenvalue weighted by molar-refractivity contribution is 7.89. The van der Waals surface area contributed by atoms with Gasteiger partial charge in [-0.15, -0.1) is 11.6 Å². The van der Waals surface area contributed by atoms with Gasteiger partial charge in [0, 0.05) is 38.6 Å². The molecule has 1 aliphatic heterocycles. The third-order valence-corrected chi connectivity index (χ3v) is 5.66. The van der Waals surface area contributed by atoms with Crippen LogP contribution < -0.4 is 0 Å². The van der Waals surface area contributed by atoms with Crippen molar-refractivity contribution < 1.29 is 8.42 Å². The van der Waals surface area contributed by atoms with Gasteiger partial charge in [0.05, 0.1) is 5.75 Å². The molecule has 1 aromatic carbocycles. The summed E-state index contributed by atoms with van der Waals surface area (Å²) in [6.07, 6.45) is 0.574. The van der Waals surface area contributed by atoms with E-state index in [2.05, 4.69) is 4.90 Å². The van der Waals surface area contributed by atoms with Gasteiger partial charge in [-0.25, -0.2) is 8.42 Å². The zero-order valence-electron chi connectivity index (χ0n) is 11.5. The Bertz CT molecular complexity index is 499. The number of piperazine rings is 1. The van der Waals surface area contributed by atoms with Crippen molar-refractivity contribution in [1.29, 1.82) is 0 Å². The van der Waals surface area contributed by atoms with E-state index < -0.39 is 10.0 Å². The molecule has 0 aromatic heterocycles. The van der Waals surface area contributed by atoms with Crippen LogP contribution in [0.5, 0.6) is 0 Å². The molecule has 0 aliphatic carbocycles. The van der Waals surface area contributed by atoms with E-state index in [1.807, 2.05) is 30.3 Å². The Kier molecular flexibility index (Phi) is 5.84. The zero-order valence-corrected chi connectivity index (χ0v) is 13.1. The number of hydrogen-bond acceptors (Lipinski definition) is 3. The van der Waals surface area contributed by atoms with Crippen LogP contribution in [-0.4, -0.2) is 62.0 Å². The summed E-state index contributed by atoms with van der Waals surface area (Å²) in [6.45, 7) is 3.54. The van der Waals surface area contributed by atoms with Crippen molar-refractivity contribution in [3.8, 4) is 0 Å². The van der Waals surface area contributed by atoms with Gasteiger partial charge in [-0.3, -0.25) is 4.90 Å².